The van der Waals surface area contributed by atoms with Crippen molar-refractivity contribution in [3.05, 3.63) is 46.0 Å². The van der Waals surface area contributed by atoms with Gasteiger partial charge in [0.05, 0.1) is 16.8 Å². The highest BCUT2D eigenvalue weighted by Gasteiger charge is 2.18. The van der Waals surface area contributed by atoms with Gasteiger partial charge in [-0.3, -0.25) is 19.7 Å². The summed E-state index contributed by atoms with van der Waals surface area (Å²) in [4.78, 5) is 35.5. The summed E-state index contributed by atoms with van der Waals surface area (Å²) in [6, 6.07) is 2.54. The molecule has 0 aliphatic carbocycles. The molecule has 2 aromatic heterocycles. The number of nitro groups is 1. The van der Waals surface area contributed by atoms with Gasteiger partial charge in [-0.05, 0) is 6.07 Å². The van der Waals surface area contributed by atoms with E-state index >= 15 is 0 Å². The topological polar surface area (TPSA) is 136 Å². The van der Waals surface area contributed by atoms with Crippen molar-refractivity contribution < 1.29 is 14.5 Å². The van der Waals surface area contributed by atoms with E-state index in [1.54, 1.807) is 0 Å². The van der Waals surface area contributed by atoms with Crippen molar-refractivity contribution in [1.29, 1.82) is 0 Å². The third kappa shape index (κ3) is 2.51. The van der Waals surface area contributed by atoms with Gasteiger partial charge in [0.1, 0.15) is 11.4 Å². The summed E-state index contributed by atoms with van der Waals surface area (Å²) in [5.74, 6) is -1.18. The number of H-pyrrole nitrogens is 1. The monoisotopic (exact) mass is 277 g/mol. The van der Waals surface area contributed by atoms with Crippen LogP contribution in [0.1, 0.15) is 21.0 Å². The van der Waals surface area contributed by atoms with Gasteiger partial charge in [0.25, 0.3) is 17.5 Å². The summed E-state index contributed by atoms with van der Waals surface area (Å²) < 4.78 is 1.34. The van der Waals surface area contributed by atoms with Crippen LogP contribution in [0.3, 0.4) is 0 Å². The first kappa shape index (κ1) is 13.3. The highest BCUT2D eigenvalue weighted by Crippen LogP contribution is 2.17. The van der Waals surface area contributed by atoms with Gasteiger partial charge >= 0.3 is 0 Å². The zero-order chi connectivity index (χ0) is 14.9. The molecule has 2 rings (SSSR count). The molecule has 0 saturated carbocycles. The molecule has 0 aliphatic heterocycles. The number of aromatic amines is 1. The molecule has 2 aromatic rings. The average Bonchev–Trinajstić information content (AvgIpc) is 2.95. The summed E-state index contributed by atoms with van der Waals surface area (Å²) in [6.45, 7) is 0. The quantitative estimate of drug-likeness (QED) is 0.557. The van der Waals surface area contributed by atoms with E-state index in [1.165, 1.54) is 30.1 Å². The molecule has 2 amide bonds. The third-order valence-corrected chi connectivity index (χ3v) is 2.64. The number of hydrogen-bond acceptors (Lipinski definition) is 4. The number of aryl methyl sites for hydroxylation is 1. The van der Waals surface area contributed by atoms with Crippen molar-refractivity contribution >= 4 is 23.2 Å². The van der Waals surface area contributed by atoms with Crippen molar-refractivity contribution in [1.82, 2.24) is 9.55 Å². The smallest absolute Gasteiger partial charge is 0.287 e. The number of amides is 2. The number of rotatable bonds is 4. The number of aromatic nitrogens is 2. The highest BCUT2D eigenvalue weighted by molar-refractivity contribution is 6.04. The number of carbonyl (C=O) groups excluding carboxylic acids is 2. The van der Waals surface area contributed by atoms with Crippen molar-refractivity contribution in [3.63, 3.8) is 0 Å². The number of anilines is 1. The summed E-state index contributed by atoms with van der Waals surface area (Å²) in [7, 11) is 1.52. The molecule has 4 N–H and O–H groups in total. The normalized spacial score (nSPS) is 10.2. The SMILES string of the molecule is Cn1cc([N+](=O)[O-])cc1C(=O)Nc1c[nH]c(C(N)=O)c1. The van der Waals surface area contributed by atoms with E-state index in [2.05, 4.69) is 10.3 Å². The molecule has 9 heteroatoms. The minimum Gasteiger partial charge on any atom is -0.364 e. The number of hydrogen-bond donors (Lipinski definition) is 3. The number of nitrogens with two attached hydrogens (primary N) is 1. The first-order valence-electron chi connectivity index (χ1n) is 5.49. The Balaban J connectivity index is 2.19. The Labute approximate surface area is 112 Å². The Morgan fingerprint density at radius 1 is 1.45 bits per heavy atom. The van der Waals surface area contributed by atoms with Crippen LogP contribution in [0.15, 0.2) is 24.5 Å². The van der Waals surface area contributed by atoms with E-state index in [-0.39, 0.29) is 17.1 Å². The number of primary amides is 1. The molecular weight excluding hydrogens is 266 g/mol. The average molecular weight is 277 g/mol. The number of nitrogens with zero attached hydrogens (tertiary/aromatic N) is 2. The summed E-state index contributed by atoms with van der Waals surface area (Å²) in [5.41, 5.74) is 5.51. The molecule has 104 valence electrons. The van der Waals surface area contributed by atoms with Gasteiger partial charge < -0.3 is 20.6 Å². The van der Waals surface area contributed by atoms with Crippen molar-refractivity contribution in [2.75, 3.05) is 5.32 Å². The van der Waals surface area contributed by atoms with Crippen LogP contribution in [-0.4, -0.2) is 26.3 Å². The molecule has 20 heavy (non-hydrogen) atoms. The van der Waals surface area contributed by atoms with Gasteiger partial charge in [-0.15, -0.1) is 0 Å². The summed E-state index contributed by atoms with van der Waals surface area (Å²) in [5, 5.41) is 13.1. The van der Waals surface area contributed by atoms with Crippen LogP contribution >= 0.6 is 0 Å². The maximum absolute atomic E-state index is 12.0. The third-order valence-electron chi connectivity index (χ3n) is 2.64. The van der Waals surface area contributed by atoms with E-state index in [4.69, 9.17) is 5.73 Å². The van der Waals surface area contributed by atoms with Crippen molar-refractivity contribution in [2.45, 2.75) is 0 Å². The molecular formula is C11H11N5O4. The van der Waals surface area contributed by atoms with E-state index in [0.29, 0.717) is 5.69 Å². The fourth-order valence-electron chi connectivity index (χ4n) is 1.68. The Bertz CT molecular complexity index is 699. The van der Waals surface area contributed by atoms with Crippen LogP contribution in [0.5, 0.6) is 0 Å². The zero-order valence-corrected chi connectivity index (χ0v) is 10.4. The van der Waals surface area contributed by atoms with E-state index < -0.39 is 16.7 Å². The minimum absolute atomic E-state index is 0.124. The van der Waals surface area contributed by atoms with Crippen LogP contribution in [0.25, 0.3) is 0 Å². The lowest BCUT2D eigenvalue weighted by Crippen LogP contribution is -2.15. The lowest BCUT2D eigenvalue weighted by atomic mass is 10.3. The Hall–Kier alpha value is -3.10. The second-order valence-corrected chi connectivity index (χ2v) is 4.07. The first-order valence-corrected chi connectivity index (χ1v) is 5.49. The van der Waals surface area contributed by atoms with E-state index in [0.717, 1.165) is 6.07 Å². The zero-order valence-electron chi connectivity index (χ0n) is 10.4. The minimum atomic E-state index is -0.653. The molecule has 0 aliphatic rings. The van der Waals surface area contributed by atoms with Crippen LogP contribution < -0.4 is 11.1 Å². The number of nitrogens with one attached hydrogen (secondary N) is 2. The van der Waals surface area contributed by atoms with E-state index in [9.17, 15) is 19.7 Å². The lowest BCUT2D eigenvalue weighted by Gasteiger charge is -2.02. The highest BCUT2D eigenvalue weighted by atomic mass is 16.6. The Morgan fingerprint density at radius 2 is 2.15 bits per heavy atom. The molecule has 0 aromatic carbocycles. The van der Waals surface area contributed by atoms with Crippen LogP contribution in [0.2, 0.25) is 0 Å². The van der Waals surface area contributed by atoms with Crippen LogP contribution in [-0.2, 0) is 7.05 Å². The molecule has 0 fully saturated rings. The summed E-state index contributed by atoms with van der Waals surface area (Å²) in [6.07, 6.45) is 2.64. The number of carbonyl (C=O) groups is 2. The molecule has 0 spiro atoms. The maximum Gasteiger partial charge on any atom is 0.287 e. The van der Waals surface area contributed by atoms with Crippen molar-refractivity contribution in [3.8, 4) is 0 Å². The van der Waals surface area contributed by atoms with Gasteiger partial charge in [-0.1, -0.05) is 0 Å². The fourth-order valence-corrected chi connectivity index (χ4v) is 1.68. The first-order chi connectivity index (χ1) is 9.38. The largest absolute Gasteiger partial charge is 0.364 e. The molecule has 0 radical (unpaired) electrons. The van der Waals surface area contributed by atoms with Gasteiger partial charge in [0.15, 0.2) is 0 Å². The fraction of sp³-hybridized carbons (Fsp3) is 0.0909. The standard InChI is InChI=1S/C11H11N5O4/c1-15-5-7(16(19)20)3-9(15)11(18)14-6-2-8(10(12)17)13-4-6/h2-5,13H,1H3,(H2,12,17)(H,14,18). The second-order valence-electron chi connectivity index (χ2n) is 4.07. The molecule has 0 unspecified atom stereocenters. The lowest BCUT2D eigenvalue weighted by molar-refractivity contribution is -0.384. The molecule has 0 atom stereocenters. The van der Waals surface area contributed by atoms with Crippen molar-refractivity contribution in [2.24, 2.45) is 12.8 Å². The molecule has 0 saturated heterocycles. The van der Waals surface area contributed by atoms with Crippen LogP contribution in [0, 0.1) is 10.1 Å². The predicted molar refractivity (Wildman–Crippen MR) is 69.3 cm³/mol. The Kier molecular flexibility index (Phi) is 3.25. The van der Waals surface area contributed by atoms with Gasteiger partial charge in [-0.25, -0.2) is 0 Å². The van der Waals surface area contributed by atoms with Gasteiger partial charge in [0, 0.05) is 19.3 Å². The molecule has 9 nitrogen and oxygen atoms in total. The molecule has 0 bridgehead atoms. The van der Waals surface area contributed by atoms with Crippen LogP contribution in [0.4, 0.5) is 11.4 Å². The van der Waals surface area contributed by atoms with Gasteiger partial charge in [-0.2, -0.15) is 0 Å². The summed E-state index contributed by atoms with van der Waals surface area (Å²) >= 11 is 0. The predicted octanol–water partition coefficient (Wildman–Crippen LogP) is 0.613. The Morgan fingerprint density at radius 3 is 2.65 bits per heavy atom. The maximum atomic E-state index is 12.0. The van der Waals surface area contributed by atoms with Gasteiger partial charge in [0.2, 0.25) is 0 Å². The second kappa shape index (κ2) is 4.88. The van der Waals surface area contributed by atoms with E-state index in [1.807, 2.05) is 0 Å². The molecule has 2 heterocycles.